The molecule has 0 saturated heterocycles. The first-order valence-corrected chi connectivity index (χ1v) is 5.45. The SMILES string of the molecule is Cn1c(-c2cc(O)cc(O)c2)nc2ccncc21. The minimum atomic E-state index is 0.00943. The summed E-state index contributed by atoms with van der Waals surface area (Å²) in [5, 5.41) is 19.0. The molecule has 0 saturated carbocycles. The van der Waals surface area contributed by atoms with Crippen molar-refractivity contribution < 1.29 is 10.2 Å². The smallest absolute Gasteiger partial charge is 0.141 e. The lowest BCUT2D eigenvalue weighted by Gasteiger charge is -2.04. The van der Waals surface area contributed by atoms with Crippen LogP contribution in [0.3, 0.4) is 0 Å². The number of imidazole rings is 1. The zero-order chi connectivity index (χ0) is 12.7. The van der Waals surface area contributed by atoms with Gasteiger partial charge in [-0.15, -0.1) is 0 Å². The lowest BCUT2D eigenvalue weighted by molar-refractivity contribution is 0.451. The second kappa shape index (κ2) is 3.73. The van der Waals surface area contributed by atoms with Gasteiger partial charge in [0.2, 0.25) is 0 Å². The molecule has 0 unspecified atom stereocenters. The molecule has 0 aliphatic carbocycles. The molecule has 0 fully saturated rings. The molecule has 0 spiro atoms. The molecule has 0 atom stereocenters. The van der Waals surface area contributed by atoms with Gasteiger partial charge in [0, 0.05) is 24.9 Å². The Morgan fingerprint density at radius 1 is 1.11 bits per heavy atom. The zero-order valence-corrected chi connectivity index (χ0v) is 9.70. The first-order chi connectivity index (χ1) is 8.65. The number of hydrogen-bond acceptors (Lipinski definition) is 4. The van der Waals surface area contributed by atoms with Gasteiger partial charge in [0.1, 0.15) is 17.3 Å². The predicted molar refractivity (Wildman–Crippen MR) is 67.3 cm³/mol. The number of benzene rings is 1. The topological polar surface area (TPSA) is 71.2 Å². The molecule has 18 heavy (non-hydrogen) atoms. The van der Waals surface area contributed by atoms with Crippen molar-refractivity contribution in [2.24, 2.45) is 7.05 Å². The molecular formula is C13H11N3O2. The van der Waals surface area contributed by atoms with Crippen LogP contribution in [-0.4, -0.2) is 24.7 Å². The van der Waals surface area contributed by atoms with E-state index in [0.29, 0.717) is 11.4 Å². The summed E-state index contributed by atoms with van der Waals surface area (Å²) < 4.78 is 1.87. The third kappa shape index (κ3) is 1.57. The second-order valence-corrected chi connectivity index (χ2v) is 4.10. The molecule has 0 radical (unpaired) electrons. The largest absolute Gasteiger partial charge is 0.508 e. The number of aryl methyl sites for hydroxylation is 1. The lowest BCUT2D eigenvalue weighted by atomic mass is 10.2. The van der Waals surface area contributed by atoms with E-state index in [1.165, 1.54) is 6.07 Å². The van der Waals surface area contributed by atoms with Gasteiger partial charge in [0.05, 0.1) is 17.2 Å². The molecule has 90 valence electrons. The van der Waals surface area contributed by atoms with Crippen LogP contribution in [0, 0.1) is 0 Å². The number of phenolic OH excluding ortho intramolecular Hbond substituents is 2. The van der Waals surface area contributed by atoms with Gasteiger partial charge in [-0.2, -0.15) is 0 Å². The average molecular weight is 241 g/mol. The Labute approximate surface area is 103 Å². The van der Waals surface area contributed by atoms with Gasteiger partial charge in [0.15, 0.2) is 0 Å². The quantitative estimate of drug-likeness (QED) is 0.684. The third-order valence-corrected chi connectivity index (χ3v) is 2.84. The van der Waals surface area contributed by atoms with Crippen LogP contribution in [0.4, 0.5) is 0 Å². The number of rotatable bonds is 1. The molecule has 3 rings (SSSR count). The Morgan fingerprint density at radius 2 is 1.83 bits per heavy atom. The van der Waals surface area contributed by atoms with Crippen molar-refractivity contribution in [2.75, 3.05) is 0 Å². The van der Waals surface area contributed by atoms with Crippen LogP contribution >= 0.6 is 0 Å². The van der Waals surface area contributed by atoms with E-state index < -0.39 is 0 Å². The normalized spacial score (nSPS) is 10.9. The molecule has 5 nitrogen and oxygen atoms in total. The minimum absolute atomic E-state index is 0.00943. The van der Waals surface area contributed by atoms with E-state index >= 15 is 0 Å². The Morgan fingerprint density at radius 3 is 2.50 bits per heavy atom. The van der Waals surface area contributed by atoms with Crippen LogP contribution in [0.25, 0.3) is 22.4 Å². The van der Waals surface area contributed by atoms with Gasteiger partial charge in [-0.25, -0.2) is 4.98 Å². The first kappa shape index (κ1) is 10.6. The summed E-state index contributed by atoms with van der Waals surface area (Å²) in [5.41, 5.74) is 2.38. The number of phenols is 2. The molecule has 2 N–H and O–H groups in total. The summed E-state index contributed by atoms with van der Waals surface area (Å²) in [5.74, 6) is 0.689. The van der Waals surface area contributed by atoms with Crippen LogP contribution in [0.5, 0.6) is 11.5 Å². The lowest BCUT2D eigenvalue weighted by Crippen LogP contribution is -1.92. The van der Waals surface area contributed by atoms with E-state index in [-0.39, 0.29) is 11.5 Å². The molecule has 3 aromatic rings. The maximum atomic E-state index is 9.51. The van der Waals surface area contributed by atoms with Crippen molar-refractivity contribution >= 4 is 11.0 Å². The molecule has 2 aromatic heterocycles. The molecule has 1 aromatic carbocycles. The number of pyridine rings is 1. The van der Waals surface area contributed by atoms with Crippen molar-refractivity contribution in [2.45, 2.75) is 0 Å². The monoisotopic (exact) mass is 241 g/mol. The van der Waals surface area contributed by atoms with E-state index in [4.69, 9.17) is 0 Å². The summed E-state index contributed by atoms with van der Waals surface area (Å²) in [7, 11) is 1.87. The van der Waals surface area contributed by atoms with Crippen molar-refractivity contribution in [1.82, 2.24) is 14.5 Å². The fourth-order valence-corrected chi connectivity index (χ4v) is 2.02. The van der Waals surface area contributed by atoms with Gasteiger partial charge in [-0.3, -0.25) is 4.98 Å². The van der Waals surface area contributed by atoms with E-state index in [1.807, 2.05) is 17.7 Å². The Balaban J connectivity index is 2.28. The summed E-state index contributed by atoms with van der Waals surface area (Å²) >= 11 is 0. The summed E-state index contributed by atoms with van der Waals surface area (Å²) in [4.78, 5) is 8.52. The molecule has 0 aliphatic rings. The summed E-state index contributed by atoms with van der Waals surface area (Å²) in [6.07, 6.45) is 3.41. The highest BCUT2D eigenvalue weighted by molar-refractivity contribution is 5.80. The Kier molecular flexibility index (Phi) is 2.19. The van der Waals surface area contributed by atoms with Gasteiger partial charge in [0.25, 0.3) is 0 Å². The van der Waals surface area contributed by atoms with Crippen LogP contribution in [-0.2, 0) is 7.05 Å². The summed E-state index contributed by atoms with van der Waals surface area (Å²) in [6, 6.07) is 6.23. The zero-order valence-electron chi connectivity index (χ0n) is 9.70. The molecule has 2 heterocycles. The van der Waals surface area contributed by atoms with Gasteiger partial charge < -0.3 is 14.8 Å². The van der Waals surface area contributed by atoms with Gasteiger partial charge in [-0.05, 0) is 18.2 Å². The van der Waals surface area contributed by atoms with Crippen molar-refractivity contribution in [1.29, 1.82) is 0 Å². The number of hydrogen-bond donors (Lipinski definition) is 2. The van der Waals surface area contributed by atoms with Gasteiger partial charge >= 0.3 is 0 Å². The third-order valence-electron chi connectivity index (χ3n) is 2.84. The predicted octanol–water partition coefficient (Wildman–Crippen LogP) is 2.05. The average Bonchev–Trinajstić information content (AvgIpc) is 2.66. The van der Waals surface area contributed by atoms with E-state index in [9.17, 15) is 10.2 Å². The van der Waals surface area contributed by atoms with Crippen LogP contribution in [0.2, 0.25) is 0 Å². The highest BCUT2D eigenvalue weighted by atomic mass is 16.3. The molecular weight excluding hydrogens is 230 g/mol. The highest BCUT2D eigenvalue weighted by Gasteiger charge is 2.11. The number of fused-ring (bicyclic) bond motifs is 1. The van der Waals surface area contributed by atoms with Crippen LogP contribution in [0.1, 0.15) is 0 Å². The second-order valence-electron chi connectivity index (χ2n) is 4.10. The molecule has 0 bridgehead atoms. The van der Waals surface area contributed by atoms with Crippen LogP contribution in [0.15, 0.2) is 36.7 Å². The van der Waals surface area contributed by atoms with E-state index in [2.05, 4.69) is 9.97 Å². The van der Waals surface area contributed by atoms with Gasteiger partial charge in [-0.1, -0.05) is 0 Å². The molecule has 5 heteroatoms. The van der Waals surface area contributed by atoms with E-state index in [1.54, 1.807) is 24.5 Å². The van der Waals surface area contributed by atoms with E-state index in [0.717, 1.165) is 11.0 Å². The minimum Gasteiger partial charge on any atom is -0.508 e. The highest BCUT2D eigenvalue weighted by Crippen LogP contribution is 2.29. The number of aromatic nitrogens is 3. The maximum Gasteiger partial charge on any atom is 0.141 e. The first-order valence-electron chi connectivity index (χ1n) is 5.45. The molecule has 0 amide bonds. The van der Waals surface area contributed by atoms with Crippen molar-refractivity contribution in [3.05, 3.63) is 36.7 Å². The van der Waals surface area contributed by atoms with Crippen molar-refractivity contribution in [3.8, 4) is 22.9 Å². The molecule has 0 aliphatic heterocycles. The number of aromatic hydroxyl groups is 2. The van der Waals surface area contributed by atoms with Crippen LogP contribution < -0.4 is 0 Å². The van der Waals surface area contributed by atoms with Crippen molar-refractivity contribution in [3.63, 3.8) is 0 Å². The number of nitrogens with zero attached hydrogens (tertiary/aromatic N) is 3. The Bertz CT molecular complexity index is 714. The summed E-state index contributed by atoms with van der Waals surface area (Å²) in [6.45, 7) is 0. The maximum absolute atomic E-state index is 9.51. The standard InChI is InChI=1S/C13H11N3O2/c1-16-12-7-14-3-2-11(12)15-13(16)8-4-9(17)6-10(18)5-8/h2-7,17-18H,1H3. The Hall–Kier alpha value is -2.56. The fraction of sp³-hybridized carbons (Fsp3) is 0.0769. The fourth-order valence-electron chi connectivity index (χ4n) is 2.02.